The Hall–Kier alpha value is -1.71. The molecule has 1 rings (SSSR count). The summed E-state index contributed by atoms with van der Waals surface area (Å²) in [5, 5.41) is 9.39. The van der Waals surface area contributed by atoms with E-state index in [2.05, 4.69) is 0 Å². The maximum Gasteiger partial charge on any atom is 0.303 e. The highest BCUT2D eigenvalue weighted by Crippen LogP contribution is 2.28. The van der Waals surface area contributed by atoms with Gasteiger partial charge in [-0.25, -0.2) is 0 Å². The van der Waals surface area contributed by atoms with Crippen LogP contribution in [-0.2, 0) is 38.1 Å². The Bertz CT molecular complexity index is 392. The van der Waals surface area contributed by atoms with E-state index in [-0.39, 0.29) is 0 Å². The molecule has 0 aliphatic carbocycles. The Balaban J connectivity index is 3.14. The molecule has 1 heterocycles. The van der Waals surface area contributed by atoms with Crippen molar-refractivity contribution in [2.24, 2.45) is 0 Å². The molecule has 0 unspecified atom stereocenters. The predicted octanol–water partition coefficient (Wildman–Crippen LogP) is -0.855. The van der Waals surface area contributed by atoms with Crippen molar-refractivity contribution < 1.29 is 43.2 Å². The highest BCUT2D eigenvalue weighted by Gasteiger charge is 2.51. The topological polar surface area (TPSA) is 118 Å². The van der Waals surface area contributed by atoms with Gasteiger partial charge in [0.25, 0.3) is 0 Å². The number of esters is 3. The van der Waals surface area contributed by atoms with Crippen LogP contribution < -0.4 is 0 Å². The van der Waals surface area contributed by atoms with Crippen molar-refractivity contribution in [3.63, 3.8) is 0 Å². The highest BCUT2D eigenvalue weighted by molar-refractivity contribution is 5.68. The summed E-state index contributed by atoms with van der Waals surface area (Å²) in [6, 6.07) is 0. The van der Waals surface area contributed by atoms with Crippen LogP contribution in [0.5, 0.6) is 0 Å². The molecule has 1 fully saturated rings. The van der Waals surface area contributed by atoms with Crippen LogP contribution in [0, 0.1) is 0 Å². The zero-order chi connectivity index (χ0) is 16.9. The molecule has 9 heteroatoms. The third-order valence-electron chi connectivity index (χ3n) is 2.91. The van der Waals surface area contributed by atoms with E-state index in [9.17, 15) is 19.5 Å². The molecule has 0 bridgehead atoms. The van der Waals surface area contributed by atoms with Crippen LogP contribution in [0.15, 0.2) is 0 Å². The van der Waals surface area contributed by atoms with Gasteiger partial charge in [-0.1, -0.05) is 0 Å². The predicted molar refractivity (Wildman–Crippen MR) is 69.4 cm³/mol. The van der Waals surface area contributed by atoms with Gasteiger partial charge in [0.2, 0.25) is 0 Å². The van der Waals surface area contributed by atoms with E-state index in [4.69, 9.17) is 23.7 Å². The SMILES string of the molecule is CO[C@H]1O[C@H](CO)[C@@H](OC(C)=O)[C@H](OC(C)=O)[C@H]1OC(C)=O. The lowest BCUT2D eigenvalue weighted by molar-refractivity contribution is -0.302. The first-order chi connectivity index (χ1) is 10.3. The van der Waals surface area contributed by atoms with Crippen molar-refractivity contribution in [1.29, 1.82) is 0 Å². The zero-order valence-electron chi connectivity index (χ0n) is 12.8. The molecule has 0 aromatic rings. The second-order valence-corrected chi connectivity index (χ2v) is 4.68. The van der Waals surface area contributed by atoms with Gasteiger partial charge in [-0.3, -0.25) is 14.4 Å². The Labute approximate surface area is 127 Å². The van der Waals surface area contributed by atoms with E-state index in [1.165, 1.54) is 7.11 Å². The average Bonchev–Trinajstić information content (AvgIpc) is 2.41. The summed E-state index contributed by atoms with van der Waals surface area (Å²) in [6.07, 6.45) is -5.52. The molecule has 5 atom stereocenters. The van der Waals surface area contributed by atoms with E-state index in [0.717, 1.165) is 20.8 Å². The number of carbonyl (C=O) groups is 3. The molecule has 0 saturated carbocycles. The maximum absolute atomic E-state index is 11.3. The third-order valence-corrected chi connectivity index (χ3v) is 2.91. The molecule has 0 aromatic carbocycles. The number of methoxy groups -OCH3 is 1. The molecular formula is C13H20O9. The number of hydrogen-bond acceptors (Lipinski definition) is 9. The number of aliphatic hydroxyl groups excluding tert-OH is 1. The summed E-state index contributed by atoms with van der Waals surface area (Å²) in [4.78, 5) is 33.8. The van der Waals surface area contributed by atoms with E-state index in [0.29, 0.717) is 0 Å². The zero-order valence-corrected chi connectivity index (χ0v) is 12.8. The largest absolute Gasteiger partial charge is 0.456 e. The van der Waals surface area contributed by atoms with Gasteiger partial charge in [-0.15, -0.1) is 0 Å². The lowest BCUT2D eigenvalue weighted by atomic mass is 9.98. The molecular weight excluding hydrogens is 300 g/mol. The molecule has 22 heavy (non-hydrogen) atoms. The maximum atomic E-state index is 11.3. The monoisotopic (exact) mass is 320 g/mol. The molecule has 0 amide bonds. The summed E-state index contributed by atoms with van der Waals surface area (Å²) >= 11 is 0. The first kappa shape index (κ1) is 18.3. The lowest BCUT2D eigenvalue weighted by Crippen LogP contribution is -2.62. The summed E-state index contributed by atoms with van der Waals surface area (Å²) in [5.74, 6) is -1.99. The molecule has 1 N–H and O–H groups in total. The first-order valence-electron chi connectivity index (χ1n) is 6.61. The average molecular weight is 320 g/mol. The van der Waals surface area contributed by atoms with Crippen molar-refractivity contribution in [3.05, 3.63) is 0 Å². The van der Waals surface area contributed by atoms with Gasteiger partial charge in [-0.2, -0.15) is 0 Å². The fraction of sp³-hybridized carbons (Fsp3) is 0.769. The minimum absolute atomic E-state index is 0.512. The molecule has 1 aliphatic heterocycles. The van der Waals surface area contributed by atoms with Crippen LogP contribution >= 0.6 is 0 Å². The van der Waals surface area contributed by atoms with Gasteiger partial charge < -0.3 is 28.8 Å². The highest BCUT2D eigenvalue weighted by atomic mass is 16.7. The summed E-state index contributed by atoms with van der Waals surface area (Å²) in [6.45, 7) is 2.96. The van der Waals surface area contributed by atoms with Crippen LogP contribution in [0.4, 0.5) is 0 Å². The van der Waals surface area contributed by atoms with Crippen molar-refractivity contribution >= 4 is 17.9 Å². The number of rotatable bonds is 5. The molecule has 126 valence electrons. The summed E-state index contributed by atoms with van der Waals surface area (Å²) in [7, 11) is 1.30. The van der Waals surface area contributed by atoms with Crippen molar-refractivity contribution in [2.45, 2.75) is 51.5 Å². The van der Waals surface area contributed by atoms with Gasteiger partial charge in [0, 0.05) is 27.9 Å². The van der Waals surface area contributed by atoms with Crippen molar-refractivity contribution in [3.8, 4) is 0 Å². The van der Waals surface area contributed by atoms with Gasteiger partial charge in [0.1, 0.15) is 6.10 Å². The van der Waals surface area contributed by atoms with Gasteiger partial charge >= 0.3 is 17.9 Å². The van der Waals surface area contributed by atoms with Gasteiger partial charge in [0.15, 0.2) is 24.6 Å². The van der Waals surface area contributed by atoms with Crippen LogP contribution in [0.25, 0.3) is 0 Å². The fourth-order valence-electron chi connectivity index (χ4n) is 2.19. The van der Waals surface area contributed by atoms with E-state index < -0.39 is 55.2 Å². The molecule has 0 spiro atoms. The number of aliphatic hydroxyl groups is 1. The van der Waals surface area contributed by atoms with Crippen LogP contribution in [0.1, 0.15) is 20.8 Å². The van der Waals surface area contributed by atoms with E-state index in [1.807, 2.05) is 0 Å². The van der Waals surface area contributed by atoms with E-state index >= 15 is 0 Å². The van der Waals surface area contributed by atoms with Gasteiger partial charge in [0.05, 0.1) is 6.61 Å². The lowest BCUT2D eigenvalue weighted by Gasteiger charge is -2.43. The van der Waals surface area contributed by atoms with Crippen LogP contribution in [0.3, 0.4) is 0 Å². The second-order valence-electron chi connectivity index (χ2n) is 4.68. The first-order valence-corrected chi connectivity index (χ1v) is 6.61. The number of hydrogen-bond donors (Lipinski definition) is 1. The number of carbonyl (C=O) groups excluding carboxylic acids is 3. The Morgan fingerprint density at radius 1 is 0.909 bits per heavy atom. The molecule has 9 nitrogen and oxygen atoms in total. The minimum atomic E-state index is -1.17. The Morgan fingerprint density at radius 3 is 1.77 bits per heavy atom. The summed E-state index contributed by atoms with van der Waals surface area (Å²) < 4.78 is 25.7. The Kier molecular flexibility index (Phi) is 6.72. The quantitative estimate of drug-likeness (QED) is 0.510. The molecule has 1 aliphatic rings. The molecule has 0 aromatic heterocycles. The second kappa shape index (κ2) is 8.06. The standard InChI is InChI=1S/C13H20O9/c1-6(15)19-10-9(5-14)22-13(18-4)12(21-8(3)17)11(10)20-7(2)16/h9-14H,5H2,1-4H3/t9-,10-,11+,12-,13+/m1/s1. The van der Waals surface area contributed by atoms with Crippen LogP contribution in [0.2, 0.25) is 0 Å². The van der Waals surface area contributed by atoms with Crippen molar-refractivity contribution in [1.82, 2.24) is 0 Å². The molecule has 0 radical (unpaired) electrons. The summed E-state index contributed by atoms with van der Waals surface area (Å²) in [5.41, 5.74) is 0. The van der Waals surface area contributed by atoms with Crippen molar-refractivity contribution in [2.75, 3.05) is 13.7 Å². The molecule has 1 saturated heterocycles. The smallest absolute Gasteiger partial charge is 0.303 e. The normalized spacial score (nSPS) is 31.2. The van der Waals surface area contributed by atoms with Crippen LogP contribution in [-0.4, -0.2) is 67.4 Å². The Morgan fingerprint density at radius 2 is 1.36 bits per heavy atom. The fourth-order valence-corrected chi connectivity index (χ4v) is 2.19. The minimum Gasteiger partial charge on any atom is -0.456 e. The third kappa shape index (κ3) is 4.65. The number of ether oxygens (including phenoxy) is 5. The van der Waals surface area contributed by atoms with Gasteiger partial charge in [-0.05, 0) is 0 Å². The van der Waals surface area contributed by atoms with E-state index in [1.54, 1.807) is 0 Å².